The summed E-state index contributed by atoms with van der Waals surface area (Å²) in [5, 5.41) is 20.9. The fraction of sp³-hybridized carbons (Fsp3) is 0.704. The number of rotatable bonds is 40. The van der Waals surface area contributed by atoms with E-state index >= 15 is 0 Å². The maximum atomic E-state index is 11.9. The minimum Gasteiger partial charge on any atom is -0.550 e. The Morgan fingerprint density at radius 1 is 0.415 bits per heavy atom. The first-order valence-corrected chi connectivity index (χ1v) is 25.1. The first-order chi connectivity index (χ1) is 30.9. The average molecular weight is 1030 g/mol. The first kappa shape index (κ1) is 62.8. The van der Waals surface area contributed by atoms with Crippen molar-refractivity contribution < 1.29 is 48.3 Å². The van der Waals surface area contributed by atoms with Gasteiger partial charge in [0.25, 0.3) is 0 Å². The number of carboxylic acids is 2. The number of unbranched alkanes of at least 4 members (excludes halogenated alkanes) is 20. The molecule has 0 aliphatic carbocycles. The molecule has 0 saturated heterocycles. The Hall–Kier alpha value is -2.19. The molecule has 0 fully saturated rings. The molecule has 0 radical (unpaired) electrons. The van der Waals surface area contributed by atoms with Crippen LogP contribution in [0.3, 0.4) is 0 Å². The molecular formula is C54H86BaO10. The summed E-state index contributed by atoms with van der Waals surface area (Å²) >= 11 is 0. The maximum Gasteiger partial charge on any atom is 2.00 e. The van der Waals surface area contributed by atoms with E-state index in [-0.39, 0.29) is 73.7 Å². The number of carboxylic acid groups (broad SMARTS) is 2. The van der Waals surface area contributed by atoms with Gasteiger partial charge in [-0.2, -0.15) is 0 Å². The second-order valence-corrected chi connectivity index (χ2v) is 17.6. The summed E-state index contributed by atoms with van der Waals surface area (Å²) in [5.41, 5.74) is 2.16. The van der Waals surface area contributed by atoms with Gasteiger partial charge in [-0.15, -0.1) is 0 Å². The molecule has 0 saturated carbocycles. The second-order valence-electron chi connectivity index (χ2n) is 17.6. The zero-order valence-corrected chi connectivity index (χ0v) is 45.6. The predicted molar refractivity (Wildman–Crippen MR) is 257 cm³/mol. The molecule has 0 N–H and O–H groups in total. The Morgan fingerprint density at radius 2 is 0.677 bits per heavy atom. The van der Waals surface area contributed by atoms with Crippen molar-refractivity contribution in [2.24, 2.45) is 0 Å². The SMILES string of the molecule is CCCCCCC(CCCCCCCCCCC(=O)[O-])(OCc1ccccc1)OC(C)=O.CCCCCCC(CCCCCCCCCCC(=O)[O-])(OCc1ccccc1)OC(C)=O.[Ba+2]. The summed E-state index contributed by atoms with van der Waals surface area (Å²) in [4.78, 5) is 44.7. The summed E-state index contributed by atoms with van der Waals surface area (Å²) in [6.07, 6.45) is 28.5. The largest absolute Gasteiger partial charge is 2.00 e. The number of hydrogen-bond donors (Lipinski definition) is 0. The summed E-state index contributed by atoms with van der Waals surface area (Å²) in [6, 6.07) is 20.1. The molecule has 364 valence electrons. The number of benzene rings is 2. The van der Waals surface area contributed by atoms with E-state index in [4.69, 9.17) is 18.9 Å². The van der Waals surface area contributed by atoms with Gasteiger partial charge >= 0.3 is 60.8 Å². The van der Waals surface area contributed by atoms with Crippen molar-refractivity contribution >= 4 is 72.8 Å². The predicted octanol–water partition coefficient (Wildman–Crippen LogP) is 11.8. The molecule has 2 aromatic carbocycles. The molecule has 0 aliphatic rings. The monoisotopic (exact) mass is 1030 g/mol. The van der Waals surface area contributed by atoms with Gasteiger partial charge in [-0.25, -0.2) is 0 Å². The van der Waals surface area contributed by atoms with Gasteiger partial charge in [-0.3, -0.25) is 9.59 Å². The van der Waals surface area contributed by atoms with Crippen LogP contribution in [0.5, 0.6) is 0 Å². The molecule has 0 spiro atoms. The minimum absolute atomic E-state index is 0. The number of ether oxygens (including phenoxy) is 4. The van der Waals surface area contributed by atoms with Crippen molar-refractivity contribution in [1.29, 1.82) is 0 Å². The van der Waals surface area contributed by atoms with Crippen LogP contribution in [-0.2, 0) is 51.3 Å². The van der Waals surface area contributed by atoms with Crippen LogP contribution in [0.2, 0.25) is 0 Å². The molecule has 10 nitrogen and oxygen atoms in total. The minimum atomic E-state index is -0.953. The van der Waals surface area contributed by atoms with E-state index in [2.05, 4.69) is 13.8 Å². The van der Waals surface area contributed by atoms with Crippen LogP contribution in [0.25, 0.3) is 0 Å². The second kappa shape index (κ2) is 42.0. The number of aliphatic carboxylic acids is 2. The van der Waals surface area contributed by atoms with Gasteiger partial charge in [-0.05, 0) is 62.5 Å². The Morgan fingerprint density at radius 3 is 0.938 bits per heavy atom. The number of hydrogen-bond acceptors (Lipinski definition) is 10. The zero-order chi connectivity index (χ0) is 47.0. The quantitative estimate of drug-likeness (QED) is 0.0273. The fourth-order valence-corrected chi connectivity index (χ4v) is 7.99. The van der Waals surface area contributed by atoms with Crippen molar-refractivity contribution in [1.82, 2.24) is 0 Å². The Bertz CT molecular complexity index is 1350. The molecule has 0 aromatic heterocycles. The molecule has 2 atom stereocenters. The van der Waals surface area contributed by atoms with Gasteiger partial charge in [-0.1, -0.05) is 190 Å². The van der Waals surface area contributed by atoms with Crippen LogP contribution in [-0.4, -0.2) is 84.3 Å². The van der Waals surface area contributed by atoms with Crippen molar-refractivity contribution in [2.75, 3.05) is 0 Å². The molecule has 0 aliphatic heterocycles. The first-order valence-electron chi connectivity index (χ1n) is 25.1. The number of carbonyl (C=O) groups excluding carboxylic acids is 4. The van der Waals surface area contributed by atoms with E-state index in [0.717, 1.165) is 152 Å². The third kappa shape index (κ3) is 36.5. The third-order valence-corrected chi connectivity index (χ3v) is 11.5. The van der Waals surface area contributed by atoms with Gasteiger partial charge in [0.15, 0.2) is 0 Å². The molecule has 0 bridgehead atoms. The molecule has 65 heavy (non-hydrogen) atoms. The van der Waals surface area contributed by atoms with E-state index < -0.39 is 23.5 Å². The number of esters is 2. The van der Waals surface area contributed by atoms with Gasteiger partial charge < -0.3 is 38.7 Å². The molecular weight excluding hydrogens is 946 g/mol. The van der Waals surface area contributed by atoms with Crippen molar-refractivity contribution in [2.45, 2.75) is 245 Å². The molecule has 2 unspecified atom stereocenters. The molecule has 0 amide bonds. The van der Waals surface area contributed by atoms with Crippen LogP contribution >= 0.6 is 0 Å². The average Bonchev–Trinajstić information content (AvgIpc) is 3.27. The summed E-state index contributed by atoms with van der Waals surface area (Å²) in [7, 11) is 0. The summed E-state index contributed by atoms with van der Waals surface area (Å²) in [6.45, 7) is 8.19. The smallest absolute Gasteiger partial charge is 0.550 e. The summed E-state index contributed by atoms with van der Waals surface area (Å²) in [5.74, 6) is -4.17. The van der Waals surface area contributed by atoms with Crippen LogP contribution in [0.1, 0.15) is 231 Å². The van der Waals surface area contributed by atoms with Crippen LogP contribution in [0, 0.1) is 0 Å². The van der Waals surface area contributed by atoms with Crippen molar-refractivity contribution in [3.05, 3.63) is 71.8 Å². The van der Waals surface area contributed by atoms with Crippen LogP contribution in [0.4, 0.5) is 0 Å². The Balaban J connectivity index is 0.00000124. The van der Waals surface area contributed by atoms with Crippen molar-refractivity contribution in [3.8, 4) is 0 Å². The maximum absolute atomic E-state index is 11.9. The van der Waals surface area contributed by atoms with E-state index in [1.54, 1.807) is 0 Å². The fourth-order valence-electron chi connectivity index (χ4n) is 7.99. The topological polar surface area (TPSA) is 151 Å². The molecule has 2 aromatic rings. The van der Waals surface area contributed by atoms with Crippen LogP contribution in [0.15, 0.2) is 60.7 Å². The third-order valence-electron chi connectivity index (χ3n) is 11.5. The van der Waals surface area contributed by atoms with Gasteiger partial charge in [0, 0.05) is 51.5 Å². The van der Waals surface area contributed by atoms with Crippen molar-refractivity contribution in [3.63, 3.8) is 0 Å². The Kier molecular flexibility index (Phi) is 40.5. The molecule has 11 heteroatoms. The van der Waals surface area contributed by atoms with E-state index in [0.29, 0.717) is 26.1 Å². The summed E-state index contributed by atoms with van der Waals surface area (Å²) < 4.78 is 24.2. The van der Waals surface area contributed by atoms with E-state index in [1.165, 1.54) is 39.5 Å². The zero-order valence-electron chi connectivity index (χ0n) is 41.2. The molecule has 2 rings (SSSR count). The van der Waals surface area contributed by atoms with E-state index in [9.17, 15) is 29.4 Å². The standard InChI is InChI=1S/2C27H44O5.Ba/c2*1-3-4-5-16-21-27(32-24(2)28,31-23-25-18-13-12-14-19-25)22-17-11-9-7-6-8-10-15-20-26(29)30;/h2*12-14,18-19H,3-11,15-17,20-23H2,1-2H3,(H,29,30);/q;;+2/p-2. The van der Waals surface area contributed by atoms with Gasteiger partial charge in [0.1, 0.15) is 0 Å². The number of carbonyl (C=O) groups is 4. The molecule has 0 heterocycles. The Labute approximate surface area is 434 Å². The van der Waals surface area contributed by atoms with Crippen LogP contribution < -0.4 is 10.2 Å². The van der Waals surface area contributed by atoms with Gasteiger partial charge in [0.05, 0.1) is 13.2 Å². The normalized spacial score (nSPS) is 12.7. The van der Waals surface area contributed by atoms with E-state index in [1.807, 2.05) is 60.7 Å². The van der Waals surface area contributed by atoms with Gasteiger partial charge in [0.2, 0.25) is 11.6 Å².